The van der Waals surface area contributed by atoms with Gasteiger partial charge in [0.1, 0.15) is 0 Å². The number of pyridine rings is 1. The number of fused-ring (bicyclic) bond motifs is 1. The minimum Gasteiger partial charge on any atom is -0.349 e. The van der Waals surface area contributed by atoms with Crippen molar-refractivity contribution in [2.75, 3.05) is 0 Å². The van der Waals surface area contributed by atoms with Crippen molar-refractivity contribution in [3.8, 4) is 11.3 Å². The van der Waals surface area contributed by atoms with Crippen LogP contribution in [0.3, 0.4) is 0 Å². The summed E-state index contributed by atoms with van der Waals surface area (Å²) in [5, 5.41) is 4.67. The van der Waals surface area contributed by atoms with Gasteiger partial charge in [0.25, 0.3) is 5.91 Å². The Morgan fingerprint density at radius 3 is 2.44 bits per heavy atom. The normalized spacial score (nSPS) is 15.4. The molecule has 1 amide bonds. The van der Waals surface area contributed by atoms with Crippen molar-refractivity contribution in [2.45, 2.75) is 44.6 Å². The lowest BCUT2D eigenvalue weighted by molar-refractivity contribution is 0.0935. The third-order valence-corrected chi connectivity index (χ3v) is 5.51. The number of halogens is 1. The SMILES string of the molecule is O=C(NC1CCCCCC1)c1cc(-c2ccccc2)nc2ccc(Cl)cc12. The minimum absolute atomic E-state index is 0.0336. The fourth-order valence-electron chi connectivity index (χ4n) is 3.83. The zero-order chi connectivity index (χ0) is 18.6. The van der Waals surface area contributed by atoms with E-state index in [1.54, 1.807) is 0 Å². The van der Waals surface area contributed by atoms with E-state index in [1.165, 1.54) is 25.7 Å². The van der Waals surface area contributed by atoms with Crippen LogP contribution in [0.15, 0.2) is 54.6 Å². The van der Waals surface area contributed by atoms with Crippen LogP contribution in [0.1, 0.15) is 48.9 Å². The number of benzene rings is 2. The van der Waals surface area contributed by atoms with E-state index < -0.39 is 0 Å². The van der Waals surface area contributed by atoms with Crippen LogP contribution >= 0.6 is 11.6 Å². The topological polar surface area (TPSA) is 42.0 Å². The van der Waals surface area contributed by atoms with Crippen LogP contribution in [0.25, 0.3) is 22.2 Å². The molecule has 0 atom stereocenters. The van der Waals surface area contributed by atoms with Crippen LogP contribution in [0.4, 0.5) is 0 Å². The third kappa shape index (κ3) is 4.14. The first kappa shape index (κ1) is 18.0. The molecule has 1 saturated carbocycles. The molecule has 0 radical (unpaired) electrons. The number of carbonyl (C=O) groups is 1. The van der Waals surface area contributed by atoms with Gasteiger partial charge in [-0.3, -0.25) is 4.79 Å². The maximum absolute atomic E-state index is 13.2. The van der Waals surface area contributed by atoms with E-state index >= 15 is 0 Å². The van der Waals surface area contributed by atoms with Gasteiger partial charge in [0.15, 0.2) is 0 Å². The Morgan fingerprint density at radius 2 is 1.70 bits per heavy atom. The van der Waals surface area contributed by atoms with Gasteiger partial charge in [0.05, 0.1) is 16.8 Å². The van der Waals surface area contributed by atoms with E-state index in [2.05, 4.69) is 5.32 Å². The molecular weight excluding hydrogens is 356 g/mol. The molecule has 2 aromatic carbocycles. The lowest BCUT2D eigenvalue weighted by atomic mass is 10.0. The highest BCUT2D eigenvalue weighted by atomic mass is 35.5. The first-order valence-corrected chi connectivity index (χ1v) is 10.0. The Labute approximate surface area is 164 Å². The van der Waals surface area contributed by atoms with Crippen molar-refractivity contribution in [3.63, 3.8) is 0 Å². The van der Waals surface area contributed by atoms with Crippen molar-refractivity contribution < 1.29 is 4.79 Å². The lowest BCUT2D eigenvalue weighted by Gasteiger charge is -2.17. The van der Waals surface area contributed by atoms with Gasteiger partial charge in [-0.05, 0) is 37.1 Å². The number of hydrogen-bond donors (Lipinski definition) is 1. The number of aromatic nitrogens is 1. The van der Waals surface area contributed by atoms with Crippen LogP contribution in [-0.4, -0.2) is 16.9 Å². The molecule has 0 saturated heterocycles. The molecular formula is C23H23ClN2O. The molecule has 138 valence electrons. The van der Waals surface area contributed by atoms with Crippen LogP contribution in [0.2, 0.25) is 5.02 Å². The summed E-state index contributed by atoms with van der Waals surface area (Å²) in [4.78, 5) is 17.9. The molecule has 1 N–H and O–H groups in total. The van der Waals surface area contributed by atoms with Gasteiger partial charge in [-0.15, -0.1) is 0 Å². The van der Waals surface area contributed by atoms with Crippen LogP contribution in [0, 0.1) is 0 Å². The maximum Gasteiger partial charge on any atom is 0.252 e. The molecule has 3 nitrogen and oxygen atoms in total. The summed E-state index contributed by atoms with van der Waals surface area (Å²) in [7, 11) is 0. The smallest absolute Gasteiger partial charge is 0.252 e. The molecule has 1 aromatic heterocycles. The van der Waals surface area contributed by atoms with Crippen molar-refractivity contribution in [2.24, 2.45) is 0 Å². The third-order valence-electron chi connectivity index (χ3n) is 5.28. The highest BCUT2D eigenvalue weighted by Crippen LogP contribution is 2.27. The van der Waals surface area contributed by atoms with Crippen molar-refractivity contribution in [1.29, 1.82) is 0 Å². The number of amides is 1. The lowest BCUT2D eigenvalue weighted by Crippen LogP contribution is -2.34. The second kappa shape index (κ2) is 8.10. The summed E-state index contributed by atoms with van der Waals surface area (Å²) in [6, 6.07) is 17.6. The van der Waals surface area contributed by atoms with Crippen molar-refractivity contribution >= 4 is 28.4 Å². The van der Waals surface area contributed by atoms with Gasteiger partial charge in [0.2, 0.25) is 0 Å². The zero-order valence-electron chi connectivity index (χ0n) is 15.2. The predicted molar refractivity (Wildman–Crippen MR) is 111 cm³/mol. The molecule has 0 aliphatic heterocycles. The van der Waals surface area contributed by atoms with Crippen LogP contribution in [0.5, 0.6) is 0 Å². The van der Waals surface area contributed by atoms with Crippen molar-refractivity contribution in [3.05, 3.63) is 65.2 Å². The second-order valence-corrected chi connectivity index (χ2v) is 7.68. The fourth-order valence-corrected chi connectivity index (χ4v) is 4.00. The van der Waals surface area contributed by atoms with Crippen molar-refractivity contribution in [1.82, 2.24) is 10.3 Å². The van der Waals surface area contributed by atoms with Gasteiger partial charge in [-0.1, -0.05) is 67.6 Å². The van der Waals surface area contributed by atoms with E-state index in [-0.39, 0.29) is 11.9 Å². The zero-order valence-corrected chi connectivity index (χ0v) is 16.0. The molecule has 1 fully saturated rings. The van der Waals surface area contributed by atoms with E-state index in [4.69, 9.17) is 16.6 Å². The molecule has 3 aromatic rings. The largest absolute Gasteiger partial charge is 0.349 e. The monoisotopic (exact) mass is 378 g/mol. The Morgan fingerprint density at radius 1 is 0.963 bits per heavy atom. The van der Waals surface area contributed by atoms with E-state index in [0.29, 0.717) is 10.6 Å². The van der Waals surface area contributed by atoms with Gasteiger partial charge < -0.3 is 5.32 Å². The fraction of sp³-hybridized carbons (Fsp3) is 0.304. The molecule has 4 rings (SSSR count). The van der Waals surface area contributed by atoms with Gasteiger partial charge in [0, 0.05) is 22.0 Å². The molecule has 0 spiro atoms. The van der Waals surface area contributed by atoms with E-state index in [1.807, 2.05) is 54.6 Å². The number of nitrogens with zero attached hydrogens (tertiary/aromatic N) is 1. The molecule has 0 unspecified atom stereocenters. The van der Waals surface area contributed by atoms with Crippen LogP contribution in [-0.2, 0) is 0 Å². The molecule has 1 aliphatic carbocycles. The summed E-state index contributed by atoms with van der Waals surface area (Å²) in [5.41, 5.74) is 3.23. The molecule has 1 heterocycles. The highest BCUT2D eigenvalue weighted by molar-refractivity contribution is 6.31. The maximum atomic E-state index is 13.2. The van der Waals surface area contributed by atoms with E-state index in [0.717, 1.165) is 35.0 Å². The Kier molecular flexibility index (Phi) is 5.40. The highest BCUT2D eigenvalue weighted by Gasteiger charge is 2.19. The number of nitrogens with one attached hydrogen (secondary N) is 1. The van der Waals surface area contributed by atoms with Gasteiger partial charge in [-0.25, -0.2) is 4.98 Å². The summed E-state index contributed by atoms with van der Waals surface area (Å²) < 4.78 is 0. The molecule has 27 heavy (non-hydrogen) atoms. The average Bonchev–Trinajstić information content (AvgIpc) is 2.96. The average molecular weight is 379 g/mol. The Balaban J connectivity index is 1.74. The first-order valence-electron chi connectivity index (χ1n) is 9.67. The van der Waals surface area contributed by atoms with E-state index in [9.17, 15) is 4.79 Å². The summed E-state index contributed by atoms with van der Waals surface area (Å²) in [6.45, 7) is 0. The summed E-state index contributed by atoms with van der Waals surface area (Å²) >= 11 is 6.21. The van der Waals surface area contributed by atoms with Gasteiger partial charge >= 0.3 is 0 Å². The predicted octanol–water partition coefficient (Wildman–Crippen LogP) is 6.01. The van der Waals surface area contributed by atoms with Gasteiger partial charge in [-0.2, -0.15) is 0 Å². The quantitative estimate of drug-likeness (QED) is 0.567. The molecule has 1 aliphatic rings. The second-order valence-electron chi connectivity index (χ2n) is 7.24. The molecule has 0 bridgehead atoms. The van der Waals surface area contributed by atoms with Crippen LogP contribution < -0.4 is 5.32 Å². The first-order chi connectivity index (χ1) is 13.2. The minimum atomic E-state index is -0.0336. The molecule has 4 heteroatoms. The Bertz CT molecular complexity index is 947. The number of carbonyl (C=O) groups excluding carboxylic acids is 1. The summed E-state index contributed by atoms with van der Waals surface area (Å²) in [6.07, 6.45) is 7.00. The Hall–Kier alpha value is -2.39. The summed E-state index contributed by atoms with van der Waals surface area (Å²) in [5.74, 6) is -0.0336. The standard InChI is InChI=1S/C23H23ClN2O/c24-17-12-13-21-19(14-17)20(15-22(26-21)16-8-4-3-5-9-16)23(27)25-18-10-6-1-2-7-11-18/h3-5,8-9,12-15,18H,1-2,6-7,10-11H2,(H,25,27). The number of rotatable bonds is 3. The number of hydrogen-bond acceptors (Lipinski definition) is 2.